The third-order valence-electron chi connectivity index (χ3n) is 6.60. The number of carbonyl (C=O) groups is 3. The number of nitrogens with one attached hydrogen (secondary N) is 1. The molecule has 1 amide bonds. The number of aromatic nitrogens is 1. The molecule has 0 fully saturated rings. The number of hydrogen-bond donors (Lipinski definition) is 1. The first-order chi connectivity index (χ1) is 16.6. The summed E-state index contributed by atoms with van der Waals surface area (Å²) < 4.78 is 15.8. The monoisotopic (exact) mass is 498 g/mol. The fraction of sp³-hybridized carbons (Fsp3) is 0.462. The van der Waals surface area contributed by atoms with Crippen LogP contribution in [0.3, 0.4) is 0 Å². The molecule has 0 saturated heterocycles. The van der Waals surface area contributed by atoms with Crippen LogP contribution in [0.15, 0.2) is 29.0 Å². The van der Waals surface area contributed by atoms with Gasteiger partial charge < -0.3 is 19.2 Å². The van der Waals surface area contributed by atoms with Crippen molar-refractivity contribution >= 4 is 45.3 Å². The molecule has 0 spiro atoms. The van der Waals surface area contributed by atoms with E-state index in [1.54, 1.807) is 19.1 Å². The highest BCUT2D eigenvalue weighted by Gasteiger charge is 2.35. The standard InChI is InChI=1S/C26H30N2O6S/c1-6-18(34-24(30)14-7-10-17-19(11-14)33-13-27-17)22(29)28-23-21(25(31)32-5)16-9-8-15(26(2,3)4)12-20(16)35-23/h7,10-11,13,15,18H,6,8-9,12H2,1-5H3,(H,28,29). The van der Waals surface area contributed by atoms with Gasteiger partial charge >= 0.3 is 11.9 Å². The molecular weight excluding hydrogens is 468 g/mol. The number of rotatable bonds is 6. The lowest BCUT2D eigenvalue weighted by Gasteiger charge is -2.33. The van der Waals surface area contributed by atoms with Crippen molar-refractivity contribution in [2.75, 3.05) is 12.4 Å². The Bertz CT molecular complexity index is 1270. The Labute approximate surface area is 208 Å². The number of anilines is 1. The van der Waals surface area contributed by atoms with E-state index in [0.29, 0.717) is 27.6 Å². The number of fused-ring (bicyclic) bond motifs is 2. The van der Waals surface area contributed by atoms with Gasteiger partial charge in [0.15, 0.2) is 18.1 Å². The summed E-state index contributed by atoms with van der Waals surface area (Å²) in [5.41, 5.74) is 2.84. The molecule has 1 aliphatic carbocycles. The summed E-state index contributed by atoms with van der Waals surface area (Å²) >= 11 is 1.41. The van der Waals surface area contributed by atoms with Crippen LogP contribution in [0.4, 0.5) is 5.00 Å². The van der Waals surface area contributed by atoms with Crippen LogP contribution in [0.5, 0.6) is 0 Å². The van der Waals surface area contributed by atoms with E-state index in [1.807, 2.05) is 0 Å². The second kappa shape index (κ2) is 9.81. The highest BCUT2D eigenvalue weighted by molar-refractivity contribution is 7.17. The first-order valence-electron chi connectivity index (χ1n) is 11.7. The minimum Gasteiger partial charge on any atom is -0.465 e. The zero-order valence-electron chi connectivity index (χ0n) is 20.6. The predicted molar refractivity (Wildman–Crippen MR) is 133 cm³/mol. The zero-order chi connectivity index (χ0) is 25.3. The largest absolute Gasteiger partial charge is 0.465 e. The van der Waals surface area contributed by atoms with E-state index in [4.69, 9.17) is 13.9 Å². The molecule has 2 heterocycles. The predicted octanol–water partition coefficient (Wildman–Crippen LogP) is 5.40. The molecule has 0 aliphatic heterocycles. The molecule has 8 nitrogen and oxygen atoms in total. The first-order valence-corrected chi connectivity index (χ1v) is 12.5. The van der Waals surface area contributed by atoms with Crippen molar-refractivity contribution in [1.29, 1.82) is 0 Å². The van der Waals surface area contributed by atoms with E-state index in [2.05, 4.69) is 31.1 Å². The smallest absolute Gasteiger partial charge is 0.341 e. The van der Waals surface area contributed by atoms with E-state index >= 15 is 0 Å². The van der Waals surface area contributed by atoms with Crippen molar-refractivity contribution < 1.29 is 28.3 Å². The molecule has 1 aliphatic rings. The number of amides is 1. The molecule has 3 aromatic rings. The molecule has 9 heteroatoms. The van der Waals surface area contributed by atoms with Crippen LogP contribution in [0.1, 0.15) is 71.7 Å². The lowest BCUT2D eigenvalue weighted by Crippen LogP contribution is -2.32. The van der Waals surface area contributed by atoms with Gasteiger partial charge in [0.1, 0.15) is 10.5 Å². The van der Waals surface area contributed by atoms with Gasteiger partial charge in [-0.2, -0.15) is 0 Å². The lowest BCUT2D eigenvalue weighted by molar-refractivity contribution is -0.124. The van der Waals surface area contributed by atoms with Gasteiger partial charge in [0.25, 0.3) is 5.91 Å². The van der Waals surface area contributed by atoms with Crippen molar-refractivity contribution in [2.45, 2.75) is 59.5 Å². The second-order valence-corrected chi connectivity index (χ2v) is 10.9. The minimum absolute atomic E-state index is 0.146. The number of ether oxygens (including phenoxy) is 2. The van der Waals surface area contributed by atoms with Gasteiger partial charge in [-0.3, -0.25) is 4.79 Å². The first kappa shape index (κ1) is 24.9. The van der Waals surface area contributed by atoms with Gasteiger partial charge in [0, 0.05) is 4.88 Å². The molecule has 1 N–H and O–H groups in total. The van der Waals surface area contributed by atoms with Gasteiger partial charge in [0.05, 0.1) is 18.2 Å². The summed E-state index contributed by atoms with van der Waals surface area (Å²) in [7, 11) is 1.33. The number of oxazole rings is 1. The molecule has 0 saturated carbocycles. The number of nitrogens with zero attached hydrogens (tertiary/aromatic N) is 1. The Morgan fingerprint density at radius 2 is 2.03 bits per heavy atom. The number of esters is 2. The van der Waals surface area contributed by atoms with Crippen LogP contribution >= 0.6 is 11.3 Å². The van der Waals surface area contributed by atoms with Gasteiger partial charge in [-0.25, -0.2) is 14.6 Å². The maximum absolute atomic E-state index is 13.1. The lowest BCUT2D eigenvalue weighted by atomic mass is 9.72. The van der Waals surface area contributed by atoms with Crippen molar-refractivity contribution in [1.82, 2.24) is 4.98 Å². The summed E-state index contributed by atoms with van der Waals surface area (Å²) in [6, 6.07) is 4.76. The number of benzene rings is 1. The van der Waals surface area contributed by atoms with E-state index in [1.165, 1.54) is 30.9 Å². The number of methoxy groups -OCH3 is 1. The van der Waals surface area contributed by atoms with Crippen molar-refractivity contribution in [3.8, 4) is 0 Å². The fourth-order valence-corrected chi connectivity index (χ4v) is 5.74. The highest BCUT2D eigenvalue weighted by Crippen LogP contribution is 2.44. The molecule has 35 heavy (non-hydrogen) atoms. The quantitative estimate of drug-likeness (QED) is 0.453. The molecule has 1 aromatic carbocycles. The van der Waals surface area contributed by atoms with E-state index in [9.17, 15) is 14.4 Å². The Morgan fingerprint density at radius 1 is 1.26 bits per heavy atom. The molecule has 2 atom stereocenters. The summed E-state index contributed by atoms with van der Waals surface area (Å²) in [6.45, 7) is 8.42. The van der Waals surface area contributed by atoms with Crippen LogP contribution in [-0.4, -0.2) is 36.0 Å². The van der Waals surface area contributed by atoms with E-state index < -0.39 is 23.9 Å². The van der Waals surface area contributed by atoms with Crippen molar-refractivity contribution in [3.05, 3.63) is 46.2 Å². The van der Waals surface area contributed by atoms with Gasteiger partial charge in [0.2, 0.25) is 0 Å². The molecule has 2 unspecified atom stereocenters. The maximum Gasteiger partial charge on any atom is 0.341 e. The summed E-state index contributed by atoms with van der Waals surface area (Å²) in [4.78, 5) is 43.6. The van der Waals surface area contributed by atoms with Gasteiger partial charge in [-0.05, 0) is 60.8 Å². The number of thiophene rings is 1. The number of hydrogen-bond acceptors (Lipinski definition) is 8. The van der Waals surface area contributed by atoms with Crippen LogP contribution < -0.4 is 5.32 Å². The summed E-state index contributed by atoms with van der Waals surface area (Å²) in [5, 5.41) is 3.29. The Kier molecular flexibility index (Phi) is 6.98. The average molecular weight is 499 g/mol. The van der Waals surface area contributed by atoms with Crippen LogP contribution in [0, 0.1) is 11.3 Å². The third-order valence-corrected chi connectivity index (χ3v) is 7.77. The molecule has 2 aromatic heterocycles. The topological polar surface area (TPSA) is 108 Å². The SMILES string of the molecule is CCC(OC(=O)c1ccc2ncoc2c1)C(=O)Nc1sc2c(c1C(=O)OC)CCC(C(C)(C)C)C2. The fourth-order valence-electron chi connectivity index (χ4n) is 4.43. The van der Waals surface area contributed by atoms with Crippen molar-refractivity contribution in [3.63, 3.8) is 0 Å². The molecule has 186 valence electrons. The van der Waals surface area contributed by atoms with E-state index in [-0.39, 0.29) is 17.4 Å². The van der Waals surface area contributed by atoms with Crippen LogP contribution in [-0.2, 0) is 27.1 Å². The summed E-state index contributed by atoms with van der Waals surface area (Å²) in [6.07, 6.45) is 3.11. The van der Waals surface area contributed by atoms with E-state index in [0.717, 1.165) is 29.7 Å². The Balaban J connectivity index is 1.54. The average Bonchev–Trinajstić information content (AvgIpc) is 3.44. The summed E-state index contributed by atoms with van der Waals surface area (Å²) in [5.74, 6) is -1.12. The molecule has 4 rings (SSSR count). The highest BCUT2D eigenvalue weighted by atomic mass is 32.1. The normalized spacial score (nSPS) is 16.4. The zero-order valence-corrected chi connectivity index (χ0v) is 21.4. The molecule has 0 radical (unpaired) electrons. The second-order valence-electron chi connectivity index (χ2n) is 9.83. The minimum atomic E-state index is -1.03. The third kappa shape index (κ3) is 5.10. The molecule has 0 bridgehead atoms. The molecular formula is C26H30N2O6S. The Hall–Kier alpha value is -3.20. The van der Waals surface area contributed by atoms with Gasteiger partial charge in [-0.15, -0.1) is 11.3 Å². The Morgan fingerprint density at radius 3 is 2.71 bits per heavy atom. The number of carbonyl (C=O) groups excluding carboxylic acids is 3. The van der Waals surface area contributed by atoms with Crippen LogP contribution in [0.25, 0.3) is 11.1 Å². The van der Waals surface area contributed by atoms with Crippen LogP contribution in [0.2, 0.25) is 0 Å². The van der Waals surface area contributed by atoms with Gasteiger partial charge in [-0.1, -0.05) is 27.7 Å². The maximum atomic E-state index is 13.1. The van der Waals surface area contributed by atoms with Crippen molar-refractivity contribution in [2.24, 2.45) is 11.3 Å².